The molecule has 0 heterocycles. The molecular formula is C15H25N5O8. The molecule has 0 aromatic rings. The highest BCUT2D eigenvalue weighted by Gasteiger charge is 2.29. The minimum atomic E-state index is -1.46. The van der Waals surface area contributed by atoms with E-state index in [9.17, 15) is 28.8 Å². The Morgan fingerprint density at radius 2 is 1.50 bits per heavy atom. The monoisotopic (exact) mass is 403 g/mol. The molecule has 3 atom stereocenters. The van der Waals surface area contributed by atoms with Crippen LogP contribution in [0.15, 0.2) is 0 Å². The molecule has 0 aromatic carbocycles. The van der Waals surface area contributed by atoms with Crippen LogP contribution >= 0.6 is 0 Å². The first-order chi connectivity index (χ1) is 12.8. The first-order valence-corrected chi connectivity index (χ1v) is 8.21. The zero-order chi connectivity index (χ0) is 22.0. The Labute approximate surface area is 160 Å². The van der Waals surface area contributed by atoms with E-state index in [4.69, 9.17) is 21.7 Å². The Bertz CT molecular complexity index is 636. The molecule has 13 nitrogen and oxygen atoms in total. The number of amides is 4. The van der Waals surface area contributed by atoms with Crippen LogP contribution in [0.25, 0.3) is 0 Å². The second-order valence-corrected chi connectivity index (χ2v) is 6.28. The minimum absolute atomic E-state index is 0.471. The maximum Gasteiger partial charge on any atom is 0.326 e. The van der Waals surface area contributed by atoms with E-state index in [0.717, 1.165) is 0 Å². The molecule has 0 saturated carbocycles. The third-order valence-corrected chi connectivity index (χ3v) is 3.44. The van der Waals surface area contributed by atoms with Gasteiger partial charge >= 0.3 is 11.9 Å². The Kier molecular flexibility index (Phi) is 10.2. The number of carbonyl (C=O) groups is 6. The molecular weight excluding hydrogens is 378 g/mol. The molecule has 0 aliphatic heterocycles. The lowest BCUT2D eigenvalue weighted by molar-refractivity contribution is -0.143. The summed E-state index contributed by atoms with van der Waals surface area (Å²) in [6.45, 7) is 2.45. The molecule has 0 saturated heterocycles. The smallest absolute Gasteiger partial charge is 0.326 e. The third-order valence-electron chi connectivity index (χ3n) is 3.44. The van der Waals surface area contributed by atoms with E-state index >= 15 is 0 Å². The first-order valence-electron chi connectivity index (χ1n) is 8.21. The van der Waals surface area contributed by atoms with Crippen molar-refractivity contribution in [2.24, 2.45) is 17.4 Å². The summed E-state index contributed by atoms with van der Waals surface area (Å²) >= 11 is 0. The van der Waals surface area contributed by atoms with Gasteiger partial charge in [0.2, 0.25) is 23.6 Å². The van der Waals surface area contributed by atoms with Gasteiger partial charge in [0.15, 0.2) is 0 Å². The van der Waals surface area contributed by atoms with Gasteiger partial charge in [-0.1, -0.05) is 13.8 Å². The van der Waals surface area contributed by atoms with Gasteiger partial charge in [0.25, 0.3) is 0 Å². The van der Waals surface area contributed by atoms with Gasteiger partial charge in [-0.2, -0.15) is 0 Å². The number of rotatable bonds is 12. The molecule has 0 rings (SSSR count). The third kappa shape index (κ3) is 9.47. The molecule has 9 N–H and O–H groups in total. The molecule has 28 heavy (non-hydrogen) atoms. The Balaban J connectivity index is 4.90. The fourth-order valence-electron chi connectivity index (χ4n) is 2.00. The predicted molar refractivity (Wildman–Crippen MR) is 93.4 cm³/mol. The van der Waals surface area contributed by atoms with Crippen LogP contribution < -0.4 is 27.4 Å². The predicted octanol–water partition coefficient (Wildman–Crippen LogP) is -3.51. The number of nitrogens with two attached hydrogens (primary N) is 2. The van der Waals surface area contributed by atoms with Crippen LogP contribution in [-0.4, -0.2) is 70.5 Å². The van der Waals surface area contributed by atoms with Gasteiger partial charge in [-0.15, -0.1) is 0 Å². The van der Waals surface area contributed by atoms with E-state index in [-0.39, 0.29) is 0 Å². The van der Waals surface area contributed by atoms with Crippen molar-refractivity contribution in [1.82, 2.24) is 16.0 Å². The summed E-state index contributed by atoms with van der Waals surface area (Å²) in [6.07, 6.45) is -1.25. The van der Waals surface area contributed by atoms with Crippen LogP contribution in [0.2, 0.25) is 0 Å². The average molecular weight is 403 g/mol. The Morgan fingerprint density at radius 1 is 0.929 bits per heavy atom. The summed E-state index contributed by atoms with van der Waals surface area (Å²) in [5.74, 6) is -6.74. The number of carboxylic acid groups (broad SMARTS) is 2. The number of aliphatic carboxylic acids is 2. The van der Waals surface area contributed by atoms with Gasteiger partial charge in [-0.25, -0.2) is 4.79 Å². The number of primary amides is 1. The zero-order valence-corrected chi connectivity index (χ0v) is 15.4. The largest absolute Gasteiger partial charge is 0.481 e. The summed E-state index contributed by atoms with van der Waals surface area (Å²) < 4.78 is 0. The fraction of sp³-hybridized carbons (Fsp3) is 0.600. The lowest BCUT2D eigenvalue weighted by atomic mass is 10.0. The molecule has 0 bridgehead atoms. The van der Waals surface area contributed by atoms with E-state index < -0.39 is 79.0 Å². The van der Waals surface area contributed by atoms with Crippen molar-refractivity contribution < 1.29 is 39.0 Å². The lowest BCUT2D eigenvalue weighted by Crippen LogP contribution is -2.55. The topological polar surface area (TPSA) is 231 Å². The molecule has 158 valence electrons. The molecule has 0 aliphatic rings. The highest BCUT2D eigenvalue weighted by molar-refractivity contribution is 5.95. The minimum Gasteiger partial charge on any atom is -0.481 e. The van der Waals surface area contributed by atoms with Crippen LogP contribution in [0.3, 0.4) is 0 Å². The number of carboxylic acids is 2. The van der Waals surface area contributed by atoms with Crippen molar-refractivity contribution in [1.29, 1.82) is 0 Å². The SMILES string of the molecule is CC(C)C(NC(=O)C(CC(N)=O)NC(=O)CNC(=O)C(N)CC(=O)O)C(=O)O. The van der Waals surface area contributed by atoms with Crippen molar-refractivity contribution in [3.63, 3.8) is 0 Å². The van der Waals surface area contributed by atoms with E-state index in [1.807, 2.05) is 0 Å². The summed E-state index contributed by atoms with van der Waals surface area (Å²) in [4.78, 5) is 68.5. The van der Waals surface area contributed by atoms with Crippen molar-refractivity contribution in [2.75, 3.05) is 6.54 Å². The van der Waals surface area contributed by atoms with Crippen molar-refractivity contribution in [2.45, 2.75) is 44.8 Å². The molecule has 13 heteroatoms. The quantitative estimate of drug-likeness (QED) is 0.171. The van der Waals surface area contributed by atoms with Crippen LogP contribution in [0.5, 0.6) is 0 Å². The van der Waals surface area contributed by atoms with Crippen molar-refractivity contribution in [3.05, 3.63) is 0 Å². The van der Waals surface area contributed by atoms with Gasteiger partial charge in [-0.3, -0.25) is 24.0 Å². The summed E-state index contributed by atoms with van der Waals surface area (Å²) in [5, 5.41) is 24.1. The summed E-state index contributed by atoms with van der Waals surface area (Å²) in [7, 11) is 0. The standard InChI is InChI=1S/C15H25N5O8/c1-6(2)12(15(27)28)20-14(26)8(4-9(17)21)19-10(22)5-18-13(25)7(16)3-11(23)24/h6-8,12H,3-5,16H2,1-2H3,(H2,17,21)(H,18,25)(H,19,22)(H,20,26)(H,23,24)(H,27,28). The van der Waals surface area contributed by atoms with Crippen LogP contribution in [0, 0.1) is 5.92 Å². The number of nitrogens with one attached hydrogen (secondary N) is 3. The van der Waals surface area contributed by atoms with E-state index in [0.29, 0.717) is 0 Å². The zero-order valence-electron chi connectivity index (χ0n) is 15.4. The van der Waals surface area contributed by atoms with E-state index in [1.54, 1.807) is 13.8 Å². The molecule has 0 aromatic heterocycles. The number of carbonyl (C=O) groups excluding carboxylic acids is 4. The van der Waals surface area contributed by atoms with Gasteiger partial charge < -0.3 is 37.6 Å². The Morgan fingerprint density at radius 3 is 1.93 bits per heavy atom. The van der Waals surface area contributed by atoms with Crippen molar-refractivity contribution in [3.8, 4) is 0 Å². The average Bonchev–Trinajstić information content (AvgIpc) is 2.54. The maximum absolute atomic E-state index is 12.2. The Hall–Kier alpha value is -3.22. The van der Waals surface area contributed by atoms with E-state index in [2.05, 4.69) is 16.0 Å². The summed E-state index contributed by atoms with van der Waals surface area (Å²) in [6, 6.07) is -4.10. The van der Waals surface area contributed by atoms with Gasteiger partial charge in [-0.05, 0) is 5.92 Å². The normalized spacial score (nSPS) is 13.7. The molecule has 0 spiro atoms. The second kappa shape index (κ2) is 11.5. The molecule has 0 fully saturated rings. The maximum atomic E-state index is 12.2. The lowest BCUT2D eigenvalue weighted by Gasteiger charge is -2.22. The fourth-order valence-corrected chi connectivity index (χ4v) is 2.00. The van der Waals surface area contributed by atoms with Gasteiger partial charge in [0.1, 0.15) is 12.1 Å². The molecule has 0 radical (unpaired) electrons. The molecule has 3 unspecified atom stereocenters. The highest BCUT2D eigenvalue weighted by atomic mass is 16.4. The molecule has 0 aliphatic carbocycles. The van der Waals surface area contributed by atoms with Crippen LogP contribution in [-0.2, 0) is 28.8 Å². The van der Waals surface area contributed by atoms with Gasteiger partial charge in [0, 0.05) is 0 Å². The highest BCUT2D eigenvalue weighted by Crippen LogP contribution is 2.03. The molecule has 4 amide bonds. The second-order valence-electron chi connectivity index (χ2n) is 6.28. The van der Waals surface area contributed by atoms with Gasteiger partial charge in [0.05, 0.1) is 25.4 Å². The number of hydrogen-bond acceptors (Lipinski definition) is 7. The summed E-state index contributed by atoms with van der Waals surface area (Å²) in [5.41, 5.74) is 10.4. The van der Waals surface area contributed by atoms with E-state index in [1.165, 1.54) is 0 Å². The van der Waals surface area contributed by atoms with Crippen LogP contribution in [0.4, 0.5) is 0 Å². The van der Waals surface area contributed by atoms with Crippen molar-refractivity contribution >= 4 is 35.6 Å². The van der Waals surface area contributed by atoms with Crippen LogP contribution in [0.1, 0.15) is 26.7 Å². The number of hydrogen-bond donors (Lipinski definition) is 7. The first kappa shape index (κ1) is 24.8.